The lowest BCUT2D eigenvalue weighted by atomic mass is 9.98. The maximum absolute atomic E-state index is 11.1. The molecule has 1 aromatic carbocycles. The van der Waals surface area contributed by atoms with Crippen molar-refractivity contribution in [2.24, 2.45) is 0 Å². The molecule has 0 saturated carbocycles. The lowest BCUT2D eigenvalue weighted by Gasteiger charge is -2.04. The maximum Gasteiger partial charge on any atom is 0.161 e. The van der Waals surface area contributed by atoms with E-state index in [1.807, 2.05) is 19.9 Å². The summed E-state index contributed by atoms with van der Waals surface area (Å²) in [6.07, 6.45) is 0. The number of rotatable bonds is 1. The van der Waals surface area contributed by atoms with Crippen molar-refractivity contribution in [1.82, 2.24) is 0 Å². The van der Waals surface area contributed by atoms with Crippen LogP contribution in [0, 0.1) is 25.2 Å². The van der Waals surface area contributed by atoms with Crippen LogP contribution in [0.1, 0.15) is 34.0 Å². The van der Waals surface area contributed by atoms with Crippen molar-refractivity contribution in [2.75, 3.05) is 0 Å². The van der Waals surface area contributed by atoms with Gasteiger partial charge in [0, 0.05) is 5.56 Å². The highest BCUT2D eigenvalue weighted by Gasteiger charge is 2.08. The summed E-state index contributed by atoms with van der Waals surface area (Å²) < 4.78 is 0. The number of Topliss-reactive ketones (excluding diaryl/α,β-unsaturated/α-hetero) is 1. The molecule has 0 aliphatic carbocycles. The van der Waals surface area contributed by atoms with Crippen LogP contribution in [0.4, 0.5) is 0 Å². The molecule has 0 spiro atoms. The van der Waals surface area contributed by atoms with E-state index in [1.54, 1.807) is 12.1 Å². The van der Waals surface area contributed by atoms with Crippen LogP contribution in [0.25, 0.3) is 0 Å². The molecule has 1 rings (SSSR count). The Bertz CT molecular complexity index is 399. The molecule has 0 amide bonds. The zero-order chi connectivity index (χ0) is 10.0. The molecule has 0 atom stereocenters. The summed E-state index contributed by atoms with van der Waals surface area (Å²) in [4.78, 5) is 11.1. The standard InChI is InChI=1S/C11H11NO/c1-7-4-10(6-12)11(9(3)13)5-8(7)2/h4-5H,1-3H3. The molecule has 13 heavy (non-hydrogen) atoms. The highest BCUT2D eigenvalue weighted by molar-refractivity contribution is 5.96. The molecule has 0 unspecified atom stereocenters. The Balaban J connectivity index is 3.44. The van der Waals surface area contributed by atoms with E-state index >= 15 is 0 Å². The van der Waals surface area contributed by atoms with E-state index in [0.29, 0.717) is 11.1 Å². The molecule has 2 nitrogen and oxygen atoms in total. The maximum atomic E-state index is 11.1. The minimum absolute atomic E-state index is 0.0559. The lowest BCUT2D eigenvalue weighted by molar-refractivity contribution is 0.101. The Hall–Kier alpha value is -1.62. The molecule has 0 bridgehead atoms. The van der Waals surface area contributed by atoms with Gasteiger partial charge in [-0.15, -0.1) is 0 Å². The second kappa shape index (κ2) is 3.40. The van der Waals surface area contributed by atoms with Gasteiger partial charge in [-0.05, 0) is 44.0 Å². The molecule has 0 radical (unpaired) electrons. The molecule has 0 fully saturated rings. The molecule has 0 N–H and O–H groups in total. The Morgan fingerprint density at radius 3 is 2.31 bits per heavy atom. The van der Waals surface area contributed by atoms with Crippen molar-refractivity contribution in [3.63, 3.8) is 0 Å². The molecule has 0 aliphatic rings. The third kappa shape index (κ3) is 1.75. The average molecular weight is 173 g/mol. The third-order valence-electron chi connectivity index (χ3n) is 2.13. The van der Waals surface area contributed by atoms with Crippen LogP contribution >= 0.6 is 0 Å². The summed E-state index contributed by atoms with van der Waals surface area (Å²) in [5, 5.41) is 8.78. The number of carbonyl (C=O) groups excluding carboxylic acids is 1. The van der Waals surface area contributed by atoms with Crippen LogP contribution in [0.3, 0.4) is 0 Å². The van der Waals surface area contributed by atoms with Gasteiger partial charge in [0.1, 0.15) is 0 Å². The molecular weight excluding hydrogens is 162 g/mol. The van der Waals surface area contributed by atoms with Gasteiger partial charge in [0.15, 0.2) is 5.78 Å². The van der Waals surface area contributed by atoms with Gasteiger partial charge in [-0.25, -0.2) is 0 Å². The largest absolute Gasteiger partial charge is 0.294 e. The molecule has 0 heterocycles. The second-order valence-corrected chi connectivity index (χ2v) is 3.15. The van der Waals surface area contributed by atoms with Gasteiger partial charge in [-0.3, -0.25) is 4.79 Å². The number of nitriles is 1. The number of ketones is 1. The highest BCUT2D eigenvalue weighted by Crippen LogP contribution is 2.15. The van der Waals surface area contributed by atoms with E-state index < -0.39 is 0 Å². The lowest BCUT2D eigenvalue weighted by Crippen LogP contribution is -1.98. The fourth-order valence-electron chi connectivity index (χ4n) is 1.20. The number of nitrogens with zero attached hydrogens (tertiary/aromatic N) is 1. The van der Waals surface area contributed by atoms with Gasteiger partial charge in [0.25, 0.3) is 0 Å². The number of hydrogen-bond acceptors (Lipinski definition) is 2. The van der Waals surface area contributed by atoms with Crippen molar-refractivity contribution in [3.8, 4) is 6.07 Å². The van der Waals surface area contributed by atoms with Crippen LogP contribution in [0.5, 0.6) is 0 Å². The highest BCUT2D eigenvalue weighted by atomic mass is 16.1. The van der Waals surface area contributed by atoms with Gasteiger partial charge < -0.3 is 0 Å². The van der Waals surface area contributed by atoms with Crippen LogP contribution in [-0.4, -0.2) is 5.78 Å². The number of benzene rings is 1. The quantitative estimate of drug-likeness (QED) is 0.612. The molecule has 0 aromatic heterocycles. The summed E-state index contributed by atoms with van der Waals surface area (Å²) in [5.74, 6) is -0.0559. The monoisotopic (exact) mass is 173 g/mol. The molecule has 66 valence electrons. The van der Waals surface area contributed by atoms with Crippen molar-refractivity contribution in [3.05, 3.63) is 34.4 Å². The van der Waals surface area contributed by atoms with Crippen molar-refractivity contribution >= 4 is 5.78 Å². The number of carbonyl (C=O) groups is 1. The Kier molecular flexibility index (Phi) is 2.48. The van der Waals surface area contributed by atoms with Gasteiger partial charge in [0.05, 0.1) is 11.6 Å². The van der Waals surface area contributed by atoms with Crippen molar-refractivity contribution in [2.45, 2.75) is 20.8 Å². The molecule has 1 aromatic rings. The molecule has 0 aliphatic heterocycles. The number of hydrogen-bond donors (Lipinski definition) is 0. The first-order chi connectivity index (χ1) is 6.06. The zero-order valence-electron chi connectivity index (χ0n) is 8.01. The normalized spacial score (nSPS) is 9.38. The van der Waals surface area contributed by atoms with E-state index in [-0.39, 0.29) is 5.78 Å². The SMILES string of the molecule is CC(=O)c1cc(C)c(C)cc1C#N. The minimum atomic E-state index is -0.0559. The van der Waals surface area contributed by atoms with Crippen LogP contribution in [-0.2, 0) is 0 Å². The van der Waals surface area contributed by atoms with Crippen molar-refractivity contribution < 1.29 is 4.79 Å². The third-order valence-corrected chi connectivity index (χ3v) is 2.13. The Morgan fingerprint density at radius 1 is 1.31 bits per heavy atom. The minimum Gasteiger partial charge on any atom is -0.294 e. The summed E-state index contributed by atoms with van der Waals surface area (Å²) in [5.41, 5.74) is 3.08. The van der Waals surface area contributed by atoms with Gasteiger partial charge >= 0.3 is 0 Å². The first-order valence-electron chi connectivity index (χ1n) is 4.08. The van der Waals surface area contributed by atoms with Gasteiger partial charge in [-0.1, -0.05) is 0 Å². The fourth-order valence-corrected chi connectivity index (χ4v) is 1.20. The van der Waals surface area contributed by atoms with Crippen LogP contribution in [0.15, 0.2) is 12.1 Å². The second-order valence-electron chi connectivity index (χ2n) is 3.15. The zero-order valence-corrected chi connectivity index (χ0v) is 8.01. The Morgan fingerprint density at radius 2 is 1.85 bits per heavy atom. The van der Waals surface area contributed by atoms with E-state index in [4.69, 9.17) is 5.26 Å². The molecule has 0 saturated heterocycles. The Labute approximate surface area is 77.8 Å². The topological polar surface area (TPSA) is 40.9 Å². The van der Waals surface area contributed by atoms with E-state index in [0.717, 1.165) is 11.1 Å². The smallest absolute Gasteiger partial charge is 0.161 e. The van der Waals surface area contributed by atoms with Gasteiger partial charge in [-0.2, -0.15) is 5.26 Å². The number of aryl methyl sites for hydroxylation is 2. The average Bonchev–Trinajstić information content (AvgIpc) is 2.08. The van der Waals surface area contributed by atoms with Crippen molar-refractivity contribution in [1.29, 1.82) is 5.26 Å². The fraction of sp³-hybridized carbons (Fsp3) is 0.273. The summed E-state index contributed by atoms with van der Waals surface area (Å²) in [6.45, 7) is 5.34. The predicted octanol–water partition coefficient (Wildman–Crippen LogP) is 2.38. The van der Waals surface area contributed by atoms with Gasteiger partial charge in [0.2, 0.25) is 0 Å². The van der Waals surface area contributed by atoms with E-state index in [2.05, 4.69) is 0 Å². The van der Waals surface area contributed by atoms with Crippen LogP contribution < -0.4 is 0 Å². The van der Waals surface area contributed by atoms with E-state index in [9.17, 15) is 4.79 Å². The summed E-state index contributed by atoms with van der Waals surface area (Å²) in [7, 11) is 0. The predicted molar refractivity (Wildman–Crippen MR) is 50.6 cm³/mol. The summed E-state index contributed by atoms with van der Waals surface area (Å²) >= 11 is 0. The van der Waals surface area contributed by atoms with Crippen LogP contribution in [0.2, 0.25) is 0 Å². The molecular formula is C11H11NO. The van der Waals surface area contributed by atoms with E-state index in [1.165, 1.54) is 6.92 Å². The molecule has 2 heteroatoms. The first-order valence-corrected chi connectivity index (χ1v) is 4.08. The first kappa shape index (κ1) is 9.47. The summed E-state index contributed by atoms with van der Waals surface area (Å²) in [6, 6.07) is 5.55.